The number of hydrogen-bond donors (Lipinski definition) is 1. The number of amides is 1. The molecule has 0 saturated heterocycles. The fourth-order valence-electron chi connectivity index (χ4n) is 2.84. The number of rotatable bonds is 4. The van der Waals surface area contributed by atoms with Crippen molar-refractivity contribution in [1.82, 2.24) is 15.3 Å². The maximum absolute atomic E-state index is 12.5. The molecule has 0 aliphatic rings. The number of nitrogens with one attached hydrogen (secondary N) is 1. The van der Waals surface area contributed by atoms with Crippen LogP contribution in [0.25, 0.3) is 22.2 Å². The summed E-state index contributed by atoms with van der Waals surface area (Å²) in [5, 5.41) is 3.73. The molecule has 0 fully saturated rings. The van der Waals surface area contributed by atoms with E-state index >= 15 is 0 Å². The van der Waals surface area contributed by atoms with Gasteiger partial charge in [0.15, 0.2) is 5.65 Å². The van der Waals surface area contributed by atoms with Gasteiger partial charge in [-0.1, -0.05) is 30.3 Å². The van der Waals surface area contributed by atoms with E-state index in [1.807, 2.05) is 61.5 Å². The second kappa shape index (κ2) is 6.80. The van der Waals surface area contributed by atoms with Crippen LogP contribution in [0.15, 0.2) is 71.5 Å². The van der Waals surface area contributed by atoms with E-state index in [0.717, 1.165) is 16.5 Å². The third kappa shape index (κ3) is 3.19. The number of nitrogens with zero attached hydrogens (tertiary/aromatic N) is 2. The molecule has 5 nitrogen and oxygen atoms in total. The minimum absolute atomic E-state index is 0.182. The van der Waals surface area contributed by atoms with Gasteiger partial charge >= 0.3 is 0 Å². The van der Waals surface area contributed by atoms with Crippen molar-refractivity contribution < 1.29 is 9.21 Å². The van der Waals surface area contributed by atoms with Crippen LogP contribution in [-0.4, -0.2) is 15.9 Å². The molecule has 5 heteroatoms. The summed E-state index contributed by atoms with van der Waals surface area (Å²) in [4.78, 5) is 21.2. The van der Waals surface area contributed by atoms with Crippen LogP contribution in [0.2, 0.25) is 0 Å². The maximum Gasteiger partial charge on any atom is 0.253 e. The van der Waals surface area contributed by atoms with E-state index in [1.165, 1.54) is 0 Å². The molecule has 1 N–H and O–H groups in total. The average Bonchev–Trinajstić information content (AvgIpc) is 3.15. The normalized spacial score (nSPS) is 10.8. The van der Waals surface area contributed by atoms with Crippen LogP contribution in [0.3, 0.4) is 0 Å². The van der Waals surface area contributed by atoms with Crippen molar-refractivity contribution in [1.29, 1.82) is 0 Å². The number of pyridine rings is 2. The lowest BCUT2D eigenvalue weighted by Crippen LogP contribution is -2.23. The molecule has 0 radical (unpaired) electrons. The zero-order valence-electron chi connectivity index (χ0n) is 14.3. The first-order valence-corrected chi connectivity index (χ1v) is 8.34. The Labute approximate surface area is 150 Å². The van der Waals surface area contributed by atoms with Crippen molar-refractivity contribution in [3.8, 4) is 11.1 Å². The third-order valence-electron chi connectivity index (χ3n) is 4.21. The Hall–Kier alpha value is -3.47. The highest BCUT2D eigenvalue weighted by Gasteiger charge is 2.13. The molecule has 3 heterocycles. The van der Waals surface area contributed by atoms with Gasteiger partial charge in [0.2, 0.25) is 0 Å². The third-order valence-corrected chi connectivity index (χ3v) is 4.21. The Balaban J connectivity index is 1.49. The number of aromatic nitrogens is 2. The topological polar surface area (TPSA) is 68.0 Å². The predicted octanol–water partition coefficient (Wildman–Crippen LogP) is 4.13. The van der Waals surface area contributed by atoms with Gasteiger partial charge in [0.1, 0.15) is 5.76 Å². The molecule has 0 spiro atoms. The Bertz CT molecular complexity index is 1070. The minimum Gasteiger partial charge on any atom is -0.467 e. The zero-order chi connectivity index (χ0) is 17.9. The summed E-state index contributed by atoms with van der Waals surface area (Å²) in [5.41, 5.74) is 3.90. The predicted molar refractivity (Wildman–Crippen MR) is 99.6 cm³/mol. The highest BCUT2D eigenvalue weighted by atomic mass is 16.3. The maximum atomic E-state index is 12.5. The van der Waals surface area contributed by atoms with E-state index in [0.29, 0.717) is 29.2 Å². The Kier molecular flexibility index (Phi) is 4.19. The van der Waals surface area contributed by atoms with Crippen LogP contribution >= 0.6 is 0 Å². The van der Waals surface area contributed by atoms with Crippen molar-refractivity contribution in [3.05, 3.63) is 84.1 Å². The largest absolute Gasteiger partial charge is 0.467 e. The van der Waals surface area contributed by atoms with Gasteiger partial charge in [0.05, 0.1) is 24.1 Å². The SMILES string of the molecule is Cc1nc2ncccc2cc1C(=O)NCc1cc(-c2ccccc2)co1. The van der Waals surface area contributed by atoms with Gasteiger partial charge in [-0.15, -0.1) is 0 Å². The van der Waals surface area contributed by atoms with E-state index in [9.17, 15) is 4.79 Å². The van der Waals surface area contributed by atoms with Crippen molar-refractivity contribution >= 4 is 16.9 Å². The number of carbonyl (C=O) groups is 1. The highest BCUT2D eigenvalue weighted by Crippen LogP contribution is 2.22. The van der Waals surface area contributed by atoms with E-state index in [2.05, 4.69) is 15.3 Å². The molecule has 26 heavy (non-hydrogen) atoms. The molecular weight excluding hydrogens is 326 g/mol. The summed E-state index contributed by atoms with van der Waals surface area (Å²) in [6.07, 6.45) is 3.39. The fourth-order valence-corrected chi connectivity index (χ4v) is 2.84. The van der Waals surface area contributed by atoms with Gasteiger partial charge in [-0.2, -0.15) is 0 Å². The van der Waals surface area contributed by atoms with Crippen LogP contribution in [0, 0.1) is 6.92 Å². The lowest BCUT2D eigenvalue weighted by atomic mass is 10.1. The zero-order valence-corrected chi connectivity index (χ0v) is 14.3. The molecule has 1 amide bonds. The molecule has 1 aromatic carbocycles. The number of aryl methyl sites for hydroxylation is 1. The standard InChI is InChI=1S/C21H17N3O2/c1-14-19(11-16-8-5-9-22-20(16)24-14)21(25)23-12-18-10-17(13-26-18)15-6-3-2-4-7-15/h2-11,13H,12H2,1H3,(H,23,25). The van der Waals surface area contributed by atoms with Crippen molar-refractivity contribution in [3.63, 3.8) is 0 Å². The molecular formula is C21H17N3O2. The second-order valence-electron chi connectivity index (χ2n) is 6.02. The van der Waals surface area contributed by atoms with Crippen LogP contribution < -0.4 is 5.32 Å². The monoisotopic (exact) mass is 343 g/mol. The Morgan fingerprint density at radius 3 is 2.77 bits per heavy atom. The van der Waals surface area contributed by atoms with Gasteiger partial charge in [0, 0.05) is 17.1 Å². The smallest absolute Gasteiger partial charge is 0.253 e. The van der Waals surface area contributed by atoms with Gasteiger partial charge in [-0.3, -0.25) is 4.79 Å². The lowest BCUT2D eigenvalue weighted by Gasteiger charge is -2.07. The first-order chi connectivity index (χ1) is 12.7. The second-order valence-corrected chi connectivity index (χ2v) is 6.02. The van der Waals surface area contributed by atoms with Crippen molar-refractivity contribution in [2.75, 3.05) is 0 Å². The van der Waals surface area contributed by atoms with Gasteiger partial charge < -0.3 is 9.73 Å². The van der Waals surface area contributed by atoms with Gasteiger partial charge in [-0.05, 0) is 36.8 Å². The summed E-state index contributed by atoms with van der Waals surface area (Å²) in [6, 6.07) is 17.4. The molecule has 0 bridgehead atoms. The van der Waals surface area contributed by atoms with Gasteiger partial charge in [-0.25, -0.2) is 9.97 Å². The molecule has 0 saturated carbocycles. The summed E-state index contributed by atoms with van der Waals surface area (Å²) in [5.74, 6) is 0.517. The molecule has 0 aliphatic carbocycles. The number of furan rings is 1. The number of hydrogen-bond acceptors (Lipinski definition) is 4. The first kappa shape index (κ1) is 16.0. The lowest BCUT2D eigenvalue weighted by molar-refractivity contribution is 0.0947. The van der Waals surface area contributed by atoms with E-state index in [1.54, 1.807) is 12.5 Å². The number of carbonyl (C=O) groups excluding carboxylic acids is 1. The van der Waals surface area contributed by atoms with Crippen LogP contribution in [0.5, 0.6) is 0 Å². The van der Waals surface area contributed by atoms with Crippen LogP contribution in [-0.2, 0) is 6.54 Å². The molecule has 3 aromatic heterocycles. The summed E-state index contributed by atoms with van der Waals surface area (Å²) < 4.78 is 5.57. The molecule has 0 unspecified atom stereocenters. The van der Waals surface area contributed by atoms with Crippen molar-refractivity contribution in [2.45, 2.75) is 13.5 Å². The molecule has 0 atom stereocenters. The first-order valence-electron chi connectivity index (χ1n) is 8.34. The highest BCUT2D eigenvalue weighted by molar-refractivity contribution is 5.98. The van der Waals surface area contributed by atoms with Crippen LogP contribution in [0.1, 0.15) is 21.8 Å². The number of benzene rings is 1. The molecule has 0 aliphatic heterocycles. The van der Waals surface area contributed by atoms with Gasteiger partial charge in [0.25, 0.3) is 5.91 Å². The average molecular weight is 343 g/mol. The van der Waals surface area contributed by atoms with Crippen molar-refractivity contribution in [2.24, 2.45) is 0 Å². The minimum atomic E-state index is -0.182. The van der Waals surface area contributed by atoms with E-state index < -0.39 is 0 Å². The summed E-state index contributed by atoms with van der Waals surface area (Å²) in [7, 11) is 0. The van der Waals surface area contributed by atoms with E-state index in [-0.39, 0.29) is 5.91 Å². The van der Waals surface area contributed by atoms with Crippen LogP contribution in [0.4, 0.5) is 0 Å². The van der Waals surface area contributed by atoms with E-state index in [4.69, 9.17) is 4.42 Å². The summed E-state index contributed by atoms with van der Waals surface area (Å²) >= 11 is 0. The number of fused-ring (bicyclic) bond motifs is 1. The summed E-state index contributed by atoms with van der Waals surface area (Å²) in [6.45, 7) is 2.12. The fraction of sp³-hybridized carbons (Fsp3) is 0.0952. The molecule has 4 aromatic rings. The quantitative estimate of drug-likeness (QED) is 0.605. The Morgan fingerprint density at radius 1 is 1.08 bits per heavy atom. The molecule has 128 valence electrons. The molecule has 4 rings (SSSR count). The Morgan fingerprint density at radius 2 is 1.92 bits per heavy atom.